The number of benzene rings is 1. The first-order valence-electron chi connectivity index (χ1n) is 11.1. The van der Waals surface area contributed by atoms with Gasteiger partial charge in [-0.15, -0.1) is 0 Å². The minimum atomic E-state index is -3.87. The Labute approximate surface area is 202 Å². The zero-order valence-corrected chi connectivity index (χ0v) is 20.2. The molecule has 0 radical (unpaired) electrons. The summed E-state index contributed by atoms with van der Waals surface area (Å²) in [5, 5.41) is 5.68. The topological polar surface area (TPSA) is 116 Å². The van der Waals surface area contributed by atoms with E-state index in [1.54, 1.807) is 53.5 Å². The van der Waals surface area contributed by atoms with E-state index in [2.05, 4.69) is 14.8 Å². The number of ether oxygens (including phenoxy) is 2. The molecule has 2 aromatic carbocycles. The average molecular weight is 496 g/mol. The smallest absolute Gasteiger partial charge is 0.301 e. The van der Waals surface area contributed by atoms with Crippen LogP contribution in [0.4, 0.5) is 5.69 Å². The minimum Gasteiger partial charge on any atom is -0.376 e. The van der Waals surface area contributed by atoms with Gasteiger partial charge in [0, 0.05) is 49.4 Å². The van der Waals surface area contributed by atoms with E-state index in [4.69, 9.17) is 9.47 Å². The molecule has 0 saturated carbocycles. The van der Waals surface area contributed by atoms with Crippen molar-refractivity contribution in [2.24, 2.45) is 7.05 Å². The summed E-state index contributed by atoms with van der Waals surface area (Å²) in [4.78, 5) is 18.0. The molecular formula is C24H25N5O5S. The summed E-state index contributed by atoms with van der Waals surface area (Å²) in [6.07, 6.45) is 3.06. The summed E-state index contributed by atoms with van der Waals surface area (Å²) in [6.45, 7) is 1.43. The Morgan fingerprint density at radius 2 is 1.97 bits per heavy atom. The van der Waals surface area contributed by atoms with Crippen LogP contribution in [0.2, 0.25) is 0 Å². The molecule has 1 saturated heterocycles. The predicted molar refractivity (Wildman–Crippen MR) is 133 cm³/mol. The summed E-state index contributed by atoms with van der Waals surface area (Å²) in [7, 11) is -0.579. The average Bonchev–Trinajstić information content (AvgIpc) is 3.23. The molecule has 182 valence electrons. The monoisotopic (exact) mass is 495 g/mol. The molecular weight excluding hydrogens is 470 g/mol. The Hall–Kier alpha value is -3.38. The first-order valence-corrected chi connectivity index (χ1v) is 12.5. The fourth-order valence-electron chi connectivity index (χ4n) is 4.12. The zero-order valence-electron chi connectivity index (χ0n) is 19.3. The van der Waals surface area contributed by atoms with Crippen LogP contribution in [0.5, 0.6) is 0 Å². The van der Waals surface area contributed by atoms with Gasteiger partial charge in [-0.05, 0) is 35.7 Å². The number of aromatic nitrogens is 3. The first kappa shape index (κ1) is 23.4. The summed E-state index contributed by atoms with van der Waals surface area (Å²) >= 11 is 0. The second-order valence-corrected chi connectivity index (χ2v) is 10.2. The third-order valence-corrected chi connectivity index (χ3v) is 7.46. The van der Waals surface area contributed by atoms with E-state index < -0.39 is 10.2 Å². The number of nitrogens with zero attached hydrogens (tertiary/aromatic N) is 4. The van der Waals surface area contributed by atoms with Gasteiger partial charge in [0.2, 0.25) is 0 Å². The molecule has 1 unspecified atom stereocenters. The highest BCUT2D eigenvalue weighted by Gasteiger charge is 2.24. The van der Waals surface area contributed by atoms with E-state index in [9.17, 15) is 13.2 Å². The Balaban J connectivity index is 1.50. The van der Waals surface area contributed by atoms with Gasteiger partial charge in [0.25, 0.3) is 0 Å². The number of anilines is 1. The molecule has 0 amide bonds. The number of nitrogens with one attached hydrogen (secondary N) is 1. The van der Waals surface area contributed by atoms with Gasteiger partial charge in [0.15, 0.2) is 5.43 Å². The van der Waals surface area contributed by atoms with E-state index in [1.165, 1.54) is 11.4 Å². The standard InChI is InChI=1S/C24H25N5O5S/c1-28(14-19-15-33-9-10-34-19)35(31,32)27-18-5-3-16-4-6-22-21(24(30)20(16)12-18)11-17(13-25-22)23-7-8-26-29(23)2/h3-8,11-13,19,27H,9-10,14-15H2,1-2H3. The molecule has 35 heavy (non-hydrogen) atoms. The molecule has 5 rings (SSSR count). The van der Waals surface area contributed by atoms with E-state index in [0.29, 0.717) is 41.5 Å². The summed E-state index contributed by atoms with van der Waals surface area (Å²) < 4.78 is 42.1. The lowest BCUT2D eigenvalue weighted by Gasteiger charge is -2.27. The van der Waals surface area contributed by atoms with Crippen LogP contribution in [0.1, 0.15) is 0 Å². The van der Waals surface area contributed by atoms with Gasteiger partial charge in [0.1, 0.15) is 0 Å². The lowest BCUT2D eigenvalue weighted by molar-refractivity contribution is -0.0908. The third kappa shape index (κ3) is 4.76. The fourth-order valence-corrected chi connectivity index (χ4v) is 5.06. The van der Waals surface area contributed by atoms with Crippen LogP contribution in [-0.4, -0.2) is 67.0 Å². The van der Waals surface area contributed by atoms with Gasteiger partial charge >= 0.3 is 10.2 Å². The van der Waals surface area contributed by atoms with E-state index in [0.717, 1.165) is 11.3 Å². The third-order valence-electron chi connectivity index (χ3n) is 6.00. The molecule has 0 spiro atoms. The highest BCUT2D eigenvalue weighted by atomic mass is 32.2. The Kier molecular flexibility index (Phi) is 6.24. The minimum absolute atomic E-state index is 0.151. The predicted octanol–water partition coefficient (Wildman–Crippen LogP) is 2.15. The molecule has 0 bridgehead atoms. The maximum atomic E-state index is 13.5. The van der Waals surface area contributed by atoms with Gasteiger partial charge < -0.3 is 9.47 Å². The molecule has 1 aliphatic heterocycles. The van der Waals surface area contributed by atoms with Crippen molar-refractivity contribution < 1.29 is 17.9 Å². The lowest BCUT2D eigenvalue weighted by atomic mass is 10.1. The molecule has 1 N–H and O–H groups in total. The van der Waals surface area contributed by atoms with Crippen LogP contribution in [0.15, 0.2) is 59.7 Å². The van der Waals surface area contributed by atoms with Crippen molar-refractivity contribution in [2.45, 2.75) is 6.10 Å². The largest absolute Gasteiger partial charge is 0.376 e. The van der Waals surface area contributed by atoms with Gasteiger partial charge in [-0.3, -0.25) is 19.2 Å². The number of likely N-dealkylation sites (N-methyl/N-ethyl adjacent to an activating group) is 1. The summed E-state index contributed by atoms with van der Waals surface area (Å²) in [5.41, 5.74) is 2.20. The normalized spacial score (nSPS) is 16.7. The molecule has 4 aromatic rings. The van der Waals surface area contributed by atoms with E-state index in [1.807, 2.05) is 13.1 Å². The van der Waals surface area contributed by atoms with Crippen molar-refractivity contribution in [3.05, 3.63) is 65.1 Å². The van der Waals surface area contributed by atoms with Crippen molar-refractivity contribution in [1.82, 2.24) is 19.1 Å². The number of hydrogen-bond donors (Lipinski definition) is 1. The van der Waals surface area contributed by atoms with Crippen molar-refractivity contribution in [1.29, 1.82) is 0 Å². The Morgan fingerprint density at radius 3 is 2.71 bits per heavy atom. The fraction of sp³-hybridized carbons (Fsp3) is 0.292. The SMILES string of the molecule is CN(CC1COCCO1)S(=O)(=O)Nc1ccc2ccc3ncc(-c4ccnn4C)cc3c(=O)c2c1. The van der Waals surface area contributed by atoms with Gasteiger partial charge in [-0.2, -0.15) is 17.8 Å². The molecule has 3 heterocycles. The van der Waals surface area contributed by atoms with E-state index in [-0.39, 0.29) is 23.8 Å². The summed E-state index contributed by atoms with van der Waals surface area (Å²) in [5.74, 6) is 0. The Bertz CT molecular complexity index is 1560. The molecule has 11 heteroatoms. The molecule has 1 atom stereocenters. The second-order valence-electron chi connectivity index (χ2n) is 8.42. The van der Waals surface area contributed by atoms with Crippen LogP contribution < -0.4 is 10.2 Å². The molecule has 10 nitrogen and oxygen atoms in total. The summed E-state index contributed by atoms with van der Waals surface area (Å²) in [6, 6.07) is 12.1. The van der Waals surface area contributed by atoms with Gasteiger partial charge in [0.05, 0.1) is 42.8 Å². The number of aryl methyl sites for hydroxylation is 1. The molecule has 0 aliphatic carbocycles. The van der Waals surface area contributed by atoms with Crippen molar-refractivity contribution in [3.8, 4) is 11.3 Å². The van der Waals surface area contributed by atoms with Crippen molar-refractivity contribution >= 4 is 37.6 Å². The zero-order chi connectivity index (χ0) is 24.6. The van der Waals surface area contributed by atoms with Crippen LogP contribution in [0.3, 0.4) is 0 Å². The van der Waals surface area contributed by atoms with Crippen LogP contribution in [-0.2, 0) is 26.7 Å². The van der Waals surface area contributed by atoms with Crippen molar-refractivity contribution in [2.75, 3.05) is 38.1 Å². The Morgan fingerprint density at radius 1 is 1.14 bits per heavy atom. The van der Waals surface area contributed by atoms with Gasteiger partial charge in [-0.25, -0.2) is 0 Å². The number of hydrogen-bond acceptors (Lipinski definition) is 7. The maximum Gasteiger partial charge on any atom is 0.301 e. The number of fused-ring (bicyclic) bond motifs is 2. The maximum absolute atomic E-state index is 13.5. The quantitative estimate of drug-likeness (QED) is 0.436. The van der Waals surface area contributed by atoms with Crippen molar-refractivity contribution in [3.63, 3.8) is 0 Å². The van der Waals surface area contributed by atoms with Gasteiger partial charge in [-0.1, -0.05) is 12.1 Å². The van der Waals surface area contributed by atoms with Crippen LogP contribution >= 0.6 is 0 Å². The first-order chi connectivity index (χ1) is 16.8. The van der Waals surface area contributed by atoms with Crippen LogP contribution in [0.25, 0.3) is 32.9 Å². The molecule has 1 aliphatic rings. The second kappa shape index (κ2) is 9.34. The molecule has 2 aromatic heterocycles. The van der Waals surface area contributed by atoms with Crippen LogP contribution in [0, 0.1) is 0 Å². The molecule has 1 fully saturated rings. The highest BCUT2D eigenvalue weighted by molar-refractivity contribution is 7.90. The number of pyridine rings is 1. The lowest BCUT2D eigenvalue weighted by Crippen LogP contribution is -2.42. The van der Waals surface area contributed by atoms with E-state index >= 15 is 0 Å². The highest BCUT2D eigenvalue weighted by Crippen LogP contribution is 2.23. The number of rotatable bonds is 6.